The Labute approximate surface area is 191 Å². The van der Waals surface area contributed by atoms with Crippen molar-refractivity contribution in [3.8, 4) is 11.5 Å². The molecule has 33 heavy (non-hydrogen) atoms. The van der Waals surface area contributed by atoms with E-state index in [4.69, 9.17) is 13.9 Å². The van der Waals surface area contributed by atoms with Gasteiger partial charge in [0.15, 0.2) is 6.73 Å². The standard InChI is InChI=1S/C24H24N2O6S/c1-33(28,29)26-15-31-23-9-6-16(12-20(23)26)21(27)14-25-10-11-30-17-7-8-19-18-4-2-3-5-22(18)32-24(19)13-17/h2-9,12-13,21,25,27H,10-11,14-15H2,1H3/t21-/m0/s1. The highest BCUT2D eigenvalue weighted by molar-refractivity contribution is 7.92. The lowest BCUT2D eigenvalue weighted by Gasteiger charge is -2.16. The van der Waals surface area contributed by atoms with E-state index in [0.717, 1.165) is 28.2 Å². The predicted octanol–water partition coefficient (Wildman–Crippen LogP) is 3.40. The average Bonchev–Trinajstić information content (AvgIpc) is 3.39. The first-order valence-electron chi connectivity index (χ1n) is 10.6. The number of furan rings is 1. The van der Waals surface area contributed by atoms with Crippen LogP contribution in [0.15, 0.2) is 65.1 Å². The summed E-state index contributed by atoms with van der Waals surface area (Å²) < 4.78 is 42.1. The molecular formula is C24H24N2O6S. The minimum Gasteiger partial charge on any atom is -0.492 e. The maximum Gasteiger partial charge on any atom is 0.235 e. The quantitative estimate of drug-likeness (QED) is 0.382. The molecule has 1 aliphatic heterocycles. The van der Waals surface area contributed by atoms with Gasteiger partial charge in [-0.3, -0.25) is 0 Å². The number of hydrogen-bond acceptors (Lipinski definition) is 7. The van der Waals surface area contributed by atoms with E-state index in [2.05, 4.69) is 5.32 Å². The first kappa shape index (κ1) is 21.6. The number of hydrogen-bond donors (Lipinski definition) is 2. The molecule has 1 atom stereocenters. The van der Waals surface area contributed by atoms with E-state index in [9.17, 15) is 13.5 Å². The van der Waals surface area contributed by atoms with Crippen molar-refractivity contribution in [2.24, 2.45) is 0 Å². The molecule has 8 nitrogen and oxygen atoms in total. The zero-order valence-electron chi connectivity index (χ0n) is 18.0. The minimum atomic E-state index is -3.44. The molecule has 0 saturated heterocycles. The Hall–Kier alpha value is -3.27. The molecule has 172 valence electrons. The molecule has 0 radical (unpaired) electrons. The number of rotatable bonds is 8. The number of ether oxygens (including phenoxy) is 2. The molecular weight excluding hydrogens is 444 g/mol. The predicted molar refractivity (Wildman–Crippen MR) is 126 cm³/mol. The summed E-state index contributed by atoms with van der Waals surface area (Å²) in [6.45, 7) is 1.19. The van der Waals surface area contributed by atoms with Gasteiger partial charge in [0.05, 0.1) is 18.0 Å². The fourth-order valence-electron chi connectivity index (χ4n) is 3.92. The number of nitrogens with one attached hydrogen (secondary N) is 1. The molecule has 0 aliphatic carbocycles. The van der Waals surface area contributed by atoms with E-state index >= 15 is 0 Å². The summed E-state index contributed by atoms with van der Waals surface area (Å²) in [4.78, 5) is 0. The largest absolute Gasteiger partial charge is 0.492 e. The summed E-state index contributed by atoms with van der Waals surface area (Å²) in [6.07, 6.45) is 0.325. The maximum atomic E-state index is 11.9. The second-order valence-electron chi connectivity index (χ2n) is 7.94. The molecule has 0 unspecified atom stereocenters. The summed E-state index contributed by atoms with van der Waals surface area (Å²) in [7, 11) is -3.44. The van der Waals surface area contributed by atoms with Gasteiger partial charge in [-0.2, -0.15) is 0 Å². The van der Waals surface area contributed by atoms with E-state index < -0.39 is 16.1 Å². The Morgan fingerprint density at radius 2 is 1.91 bits per heavy atom. The molecule has 2 heterocycles. The number of aliphatic hydroxyl groups excluding tert-OH is 1. The maximum absolute atomic E-state index is 11.9. The van der Waals surface area contributed by atoms with Gasteiger partial charge in [-0.25, -0.2) is 12.7 Å². The van der Waals surface area contributed by atoms with E-state index in [1.165, 1.54) is 4.31 Å². The smallest absolute Gasteiger partial charge is 0.235 e. The van der Waals surface area contributed by atoms with Crippen molar-refractivity contribution in [3.05, 3.63) is 66.2 Å². The minimum absolute atomic E-state index is 0.0525. The zero-order chi connectivity index (χ0) is 23.0. The van der Waals surface area contributed by atoms with E-state index in [1.54, 1.807) is 18.2 Å². The lowest BCUT2D eigenvalue weighted by atomic mass is 10.1. The Morgan fingerprint density at radius 3 is 2.76 bits per heavy atom. The van der Waals surface area contributed by atoms with E-state index in [-0.39, 0.29) is 6.73 Å². The molecule has 0 fully saturated rings. The molecule has 2 N–H and O–H groups in total. The van der Waals surface area contributed by atoms with Crippen molar-refractivity contribution in [1.82, 2.24) is 5.32 Å². The van der Waals surface area contributed by atoms with Gasteiger partial charge >= 0.3 is 0 Å². The monoisotopic (exact) mass is 468 g/mol. The zero-order valence-corrected chi connectivity index (χ0v) is 18.8. The van der Waals surface area contributed by atoms with Crippen LogP contribution >= 0.6 is 0 Å². The van der Waals surface area contributed by atoms with Gasteiger partial charge in [-0.05, 0) is 35.9 Å². The Kier molecular flexibility index (Phi) is 5.61. The van der Waals surface area contributed by atoms with Crippen LogP contribution in [0.1, 0.15) is 11.7 Å². The third-order valence-corrected chi connectivity index (χ3v) is 6.71. The molecule has 1 aliphatic rings. The third-order valence-electron chi connectivity index (χ3n) is 5.61. The number of aliphatic hydroxyl groups is 1. The van der Waals surface area contributed by atoms with Crippen LogP contribution in [0.25, 0.3) is 21.9 Å². The van der Waals surface area contributed by atoms with Gasteiger partial charge in [-0.1, -0.05) is 24.3 Å². The molecule has 0 saturated carbocycles. The molecule has 0 spiro atoms. The van der Waals surface area contributed by atoms with Crippen molar-refractivity contribution < 1.29 is 27.4 Å². The number of fused-ring (bicyclic) bond motifs is 4. The Morgan fingerprint density at radius 1 is 1.09 bits per heavy atom. The highest BCUT2D eigenvalue weighted by Gasteiger charge is 2.28. The van der Waals surface area contributed by atoms with Crippen LogP contribution in [0.3, 0.4) is 0 Å². The van der Waals surface area contributed by atoms with Crippen molar-refractivity contribution in [2.45, 2.75) is 6.10 Å². The van der Waals surface area contributed by atoms with Crippen LogP contribution in [0.2, 0.25) is 0 Å². The molecule has 3 aromatic carbocycles. The summed E-state index contributed by atoms with van der Waals surface area (Å²) in [5.41, 5.74) is 2.67. The van der Waals surface area contributed by atoms with Crippen LogP contribution in [0.5, 0.6) is 11.5 Å². The first-order chi connectivity index (χ1) is 15.9. The van der Waals surface area contributed by atoms with Crippen molar-refractivity contribution in [2.75, 3.05) is 37.0 Å². The van der Waals surface area contributed by atoms with Crippen LogP contribution in [-0.4, -0.2) is 46.2 Å². The number of benzene rings is 3. The molecule has 1 aromatic heterocycles. The van der Waals surface area contributed by atoms with Gasteiger partial charge in [-0.15, -0.1) is 0 Å². The van der Waals surface area contributed by atoms with Gasteiger partial charge in [0.25, 0.3) is 0 Å². The van der Waals surface area contributed by atoms with Gasteiger partial charge in [0.1, 0.15) is 29.3 Å². The highest BCUT2D eigenvalue weighted by Crippen LogP contribution is 2.37. The van der Waals surface area contributed by atoms with E-state index in [0.29, 0.717) is 42.4 Å². The molecule has 5 rings (SSSR count). The van der Waals surface area contributed by atoms with Gasteiger partial charge in [0.2, 0.25) is 10.0 Å². The Bertz CT molecular complexity index is 1420. The normalized spacial score (nSPS) is 14.4. The van der Waals surface area contributed by atoms with Crippen LogP contribution < -0.4 is 19.1 Å². The summed E-state index contributed by atoms with van der Waals surface area (Å²) in [5.74, 6) is 1.20. The van der Waals surface area contributed by atoms with Crippen LogP contribution in [0.4, 0.5) is 5.69 Å². The number of para-hydroxylation sites is 1. The summed E-state index contributed by atoms with van der Waals surface area (Å²) >= 11 is 0. The molecule has 0 bridgehead atoms. The van der Waals surface area contributed by atoms with Crippen molar-refractivity contribution in [3.63, 3.8) is 0 Å². The SMILES string of the molecule is CS(=O)(=O)N1COc2ccc([C@@H](O)CNCCOc3ccc4c(c3)oc3ccccc34)cc21. The molecule has 9 heteroatoms. The van der Waals surface area contributed by atoms with Gasteiger partial charge in [0, 0.05) is 29.9 Å². The molecule has 0 amide bonds. The second-order valence-corrected chi connectivity index (χ2v) is 9.84. The van der Waals surface area contributed by atoms with E-state index in [1.807, 2.05) is 42.5 Å². The summed E-state index contributed by atoms with van der Waals surface area (Å²) in [6, 6.07) is 18.7. The number of nitrogens with zero attached hydrogens (tertiary/aromatic N) is 1. The van der Waals surface area contributed by atoms with Crippen molar-refractivity contribution >= 4 is 37.6 Å². The van der Waals surface area contributed by atoms with Crippen LogP contribution in [-0.2, 0) is 10.0 Å². The average molecular weight is 469 g/mol. The summed E-state index contributed by atoms with van der Waals surface area (Å²) in [5, 5.41) is 15.8. The van der Waals surface area contributed by atoms with Crippen LogP contribution in [0, 0.1) is 0 Å². The fourth-order valence-corrected chi connectivity index (χ4v) is 4.67. The van der Waals surface area contributed by atoms with Gasteiger partial charge < -0.3 is 24.3 Å². The fraction of sp³-hybridized carbons (Fsp3) is 0.250. The van der Waals surface area contributed by atoms with Crippen molar-refractivity contribution in [1.29, 1.82) is 0 Å². The topological polar surface area (TPSA) is 101 Å². The third kappa shape index (κ3) is 4.35. The number of sulfonamides is 1. The lowest BCUT2D eigenvalue weighted by molar-refractivity contribution is 0.172. The number of anilines is 1. The lowest BCUT2D eigenvalue weighted by Crippen LogP contribution is -2.29. The Balaban J connectivity index is 1.15. The second kappa shape index (κ2) is 8.58. The molecule has 4 aromatic rings. The highest BCUT2D eigenvalue weighted by atomic mass is 32.2. The first-order valence-corrected chi connectivity index (χ1v) is 12.4.